The van der Waals surface area contributed by atoms with E-state index in [9.17, 15) is 9.59 Å². The van der Waals surface area contributed by atoms with Crippen LogP contribution in [0.3, 0.4) is 0 Å². The molecule has 3 nitrogen and oxygen atoms in total. The van der Waals surface area contributed by atoms with Gasteiger partial charge < -0.3 is 0 Å². The maximum atomic E-state index is 12.7. The van der Waals surface area contributed by atoms with Gasteiger partial charge in [-0.2, -0.15) is 0 Å². The molecule has 0 amide bonds. The van der Waals surface area contributed by atoms with Crippen molar-refractivity contribution < 1.29 is 4.74 Å². The molecule has 2 aromatic carbocycles. The molecule has 0 bridgehead atoms. The van der Waals surface area contributed by atoms with Crippen LogP contribution in [0.1, 0.15) is 64.9 Å². The first kappa shape index (κ1) is 22.2. The molecule has 0 aromatic heterocycles. The van der Waals surface area contributed by atoms with E-state index in [2.05, 4.69) is 20.8 Å². The quantitative estimate of drug-likeness (QED) is 0.304. The van der Waals surface area contributed by atoms with E-state index in [-0.39, 0.29) is 10.9 Å². The zero-order valence-electron chi connectivity index (χ0n) is 17.2. The number of hydrogen-bond acceptors (Lipinski definition) is 3. The molecule has 0 aliphatic heterocycles. The Balaban J connectivity index is 2.34. The summed E-state index contributed by atoms with van der Waals surface area (Å²) >= 11 is -2.92. The predicted molar refractivity (Wildman–Crippen MR) is 117 cm³/mol. The second-order valence-electron chi connectivity index (χ2n) is 7.73. The van der Waals surface area contributed by atoms with Gasteiger partial charge in [0.05, 0.1) is 0 Å². The summed E-state index contributed by atoms with van der Waals surface area (Å²) in [6.45, 7) is 7.01. The predicted octanol–water partition coefficient (Wildman–Crippen LogP) is 4.92. The molecule has 0 radical (unpaired) electrons. The van der Waals surface area contributed by atoms with E-state index in [1.807, 2.05) is 30.3 Å². The molecule has 0 N–H and O–H groups in total. The van der Waals surface area contributed by atoms with Crippen LogP contribution >= 0.6 is 0 Å². The molecule has 0 saturated carbocycles. The van der Waals surface area contributed by atoms with E-state index in [0.717, 1.165) is 28.4 Å². The third-order valence-corrected chi connectivity index (χ3v) is 21.2. The molecule has 0 heterocycles. The molecule has 0 atom stereocenters. The summed E-state index contributed by atoms with van der Waals surface area (Å²) in [5, 5.41) is 0. The molecule has 0 saturated heterocycles. The molecular weight excluding hydrogens is 443 g/mol. The monoisotopic (exact) mass is 478 g/mol. The van der Waals surface area contributed by atoms with Gasteiger partial charge >= 0.3 is 168 Å². The van der Waals surface area contributed by atoms with Crippen LogP contribution in [0.2, 0.25) is 13.3 Å². The zero-order chi connectivity index (χ0) is 19.7. The van der Waals surface area contributed by atoms with Gasteiger partial charge in [0.2, 0.25) is 0 Å². The Morgan fingerprint density at radius 3 is 1.78 bits per heavy atom. The first-order valence-corrected chi connectivity index (χ1v) is 18.1. The van der Waals surface area contributed by atoms with Crippen molar-refractivity contribution >= 4 is 22.0 Å². The van der Waals surface area contributed by atoms with E-state index in [1.54, 1.807) is 0 Å². The Morgan fingerprint density at radius 2 is 1.30 bits per heavy atom. The number of ether oxygens (including phenoxy) is 1. The van der Waals surface area contributed by atoms with Gasteiger partial charge in [-0.1, -0.05) is 0 Å². The molecular formula is C23H34O3Sn. The Morgan fingerprint density at radius 1 is 0.778 bits per heavy atom. The van der Waals surface area contributed by atoms with Gasteiger partial charge in [0.25, 0.3) is 0 Å². The van der Waals surface area contributed by atoms with E-state index in [4.69, 9.17) is 4.74 Å². The van der Waals surface area contributed by atoms with Crippen molar-refractivity contribution in [3.05, 3.63) is 56.3 Å². The third-order valence-electron chi connectivity index (χ3n) is 5.65. The van der Waals surface area contributed by atoms with Crippen molar-refractivity contribution in [1.29, 1.82) is 0 Å². The summed E-state index contributed by atoms with van der Waals surface area (Å²) in [7, 11) is 0. The molecule has 27 heavy (non-hydrogen) atoms. The molecule has 0 spiro atoms. The van der Waals surface area contributed by atoms with Crippen LogP contribution < -0.4 is 19.2 Å². The topological polar surface area (TPSA) is 43.4 Å². The van der Waals surface area contributed by atoms with Gasteiger partial charge in [0, 0.05) is 0 Å². The van der Waals surface area contributed by atoms with Crippen molar-refractivity contribution in [3.8, 4) is 5.75 Å². The standard InChI is InChI=1S/C11H7O3.3C4H9.Sn/c12-9-6-10(11(9)13)14-7-8-4-2-1-3-5-8;3*1-3-4-2;/h1-5H,7H2;3*1,3-4H2,2H3;. The minimum atomic E-state index is -2.92. The van der Waals surface area contributed by atoms with E-state index >= 15 is 0 Å². The number of benzene rings is 1. The molecule has 0 fully saturated rings. The van der Waals surface area contributed by atoms with Crippen LogP contribution in [0, 0.1) is 0 Å². The van der Waals surface area contributed by atoms with Crippen molar-refractivity contribution in [2.75, 3.05) is 0 Å². The zero-order valence-corrected chi connectivity index (χ0v) is 20.0. The summed E-state index contributed by atoms with van der Waals surface area (Å²) in [6, 6.07) is 9.89. The average molecular weight is 477 g/mol. The summed E-state index contributed by atoms with van der Waals surface area (Å²) in [5.41, 5.74) is 0.441. The van der Waals surface area contributed by atoms with Gasteiger partial charge in [0.1, 0.15) is 0 Å². The Kier molecular flexibility index (Phi) is 9.07. The van der Waals surface area contributed by atoms with E-state index in [0.29, 0.717) is 12.4 Å². The van der Waals surface area contributed by atoms with Gasteiger partial charge in [-0.25, -0.2) is 0 Å². The Labute approximate surface area is 167 Å². The summed E-state index contributed by atoms with van der Waals surface area (Å²) in [6.07, 6.45) is 6.94. The molecule has 4 heteroatoms. The summed E-state index contributed by atoms with van der Waals surface area (Å²) in [4.78, 5) is 25.0. The number of rotatable bonds is 13. The van der Waals surface area contributed by atoms with Gasteiger partial charge in [-0.05, 0) is 0 Å². The van der Waals surface area contributed by atoms with Crippen molar-refractivity contribution in [2.45, 2.75) is 79.2 Å². The van der Waals surface area contributed by atoms with Crippen LogP contribution in [0.5, 0.6) is 5.75 Å². The van der Waals surface area contributed by atoms with Crippen molar-refractivity contribution in [3.63, 3.8) is 0 Å². The molecule has 0 aliphatic rings. The van der Waals surface area contributed by atoms with Crippen molar-refractivity contribution in [1.82, 2.24) is 0 Å². The van der Waals surface area contributed by atoms with Crippen molar-refractivity contribution in [2.24, 2.45) is 0 Å². The molecule has 2 rings (SSSR count). The minimum absolute atomic E-state index is 0.211. The first-order chi connectivity index (χ1) is 13.1. The fourth-order valence-electron chi connectivity index (χ4n) is 4.02. The van der Waals surface area contributed by atoms with Crippen LogP contribution in [0.25, 0.3) is 0 Å². The molecule has 2 aromatic rings. The molecule has 0 unspecified atom stereocenters. The second-order valence-corrected chi connectivity index (χ2v) is 20.7. The molecule has 148 valence electrons. The second kappa shape index (κ2) is 11.0. The number of unbranched alkanes of at least 4 members (excludes halogenated alkanes) is 3. The average Bonchev–Trinajstić information content (AvgIpc) is 2.71. The van der Waals surface area contributed by atoms with Gasteiger partial charge in [-0.3, -0.25) is 0 Å². The van der Waals surface area contributed by atoms with Crippen LogP contribution in [-0.2, 0) is 6.61 Å². The fourth-order valence-corrected chi connectivity index (χ4v) is 20.7. The maximum absolute atomic E-state index is 12.7. The SMILES string of the molecule is CCC[CH2][Sn]([CH2]CCC)([CH2]CCC)[c]1c(OCc2ccccc2)c(=O)c1=O. The van der Waals surface area contributed by atoms with Gasteiger partial charge in [-0.15, -0.1) is 0 Å². The normalized spacial score (nSPS) is 11.8. The third kappa shape index (κ3) is 5.46. The first-order valence-electron chi connectivity index (χ1n) is 10.6. The van der Waals surface area contributed by atoms with E-state index < -0.39 is 18.4 Å². The van der Waals surface area contributed by atoms with Crippen LogP contribution in [0.4, 0.5) is 0 Å². The van der Waals surface area contributed by atoms with Crippen LogP contribution in [-0.4, -0.2) is 18.4 Å². The Bertz CT molecular complexity index is 738. The van der Waals surface area contributed by atoms with Crippen LogP contribution in [0.15, 0.2) is 39.9 Å². The summed E-state index contributed by atoms with van der Waals surface area (Å²) < 4.78 is 10.4. The Hall–Kier alpha value is -1.10. The van der Waals surface area contributed by atoms with E-state index in [1.165, 1.54) is 32.6 Å². The summed E-state index contributed by atoms with van der Waals surface area (Å²) in [5.74, 6) is 0.433. The molecule has 0 aliphatic carbocycles. The van der Waals surface area contributed by atoms with Gasteiger partial charge in [0.15, 0.2) is 0 Å². The number of hydrogen-bond donors (Lipinski definition) is 0. The fraction of sp³-hybridized carbons (Fsp3) is 0.565.